The van der Waals surface area contributed by atoms with Gasteiger partial charge in [-0.05, 0) is 41.0 Å². The summed E-state index contributed by atoms with van der Waals surface area (Å²) in [5, 5.41) is 0. The van der Waals surface area contributed by atoms with Crippen LogP contribution in [0.3, 0.4) is 0 Å². The molecule has 36 heavy (non-hydrogen) atoms. The maximum absolute atomic E-state index is 13.1. The molecule has 1 saturated heterocycles. The Morgan fingerprint density at radius 3 is 2.14 bits per heavy atom. The molecular weight excluding hydrogens is 507 g/mol. The van der Waals surface area contributed by atoms with E-state index >= 15 is 0 Å². The molecule has 0 radical (unpaired) electrons. The third-order valence-electron chi connectivity index (χ3n) is 4.35. The maximum Gasteiger partial charge on any atom is 0.510 e. The lowest BCUT2D eigenvalue weighted by Crippen LogP contribution is -2.33. The summed E-state index contributed by atoms with van der Waals surface area (Å²) >= 11 is 0. The Labute approximate surface area is 206 Å². The van der Waals surface area contributed by atoms with E-state index < -0.39 is 75.8 Å². The number of carbonyl (C=O) groups excluding carboxylic acids is 2. The molecule has 2 rings (SSSR count). The second kappa shape index (κ2) is 13.6. The molecule has 0 amide bonds. The quantitative estimate of drug-likeness (QED) is 0.233. The molecule has 0 bridgehead atoms. The third-order valence-corrected chi connectivity index (χ3v) is 5.81. The van der Waals surface area contributed by atoms with E-state index in [9.17, 15) is 23.7 Å². The monoisotopic (exact) mass is 538 g/mol. The predicted octanol–water partition coefficient (Wildman–Crippen LogP) is 2.72. The van der Waals surface area contributed by atoms with Gasteiger partial charge in [0.1, 0.15) is 6.23 Å². The second-order valence-corrected chi connectivity index (χ2v) is 10.1. The average Bonchev–Trinajstić information content (AvgIpc) is 3.23. The Hall–Kier alpha value is -2.71. The zero-order chi connectivity index (χ0) is 26.9. The lowest BCUT2D eigenvalue weighted by Gasteiger charge is -2.21. The van der Waals surface area contributed by atoms with Crippen molar-refractivity contribution in [1.82, 2.24) is 9.55 Å². The Balaban J connectivity index is 1.95. The first-order valence-corrected chi connectivity index (χ1v) is 12.8. The molecule has 16 heteroatoms. The number of aromatic amines is 1. The summed E-state index contributed by atoms with van der Waals surface area (Å²) in [5.41, 5.74) is -0.832. The summed E-state index contributed by atoms with van der Waals surface area (Å²) in [6.45, 7) is 6.36. The van der Waals surface area contributed by atoms with Crippen LogP contribution in [0.25, 0.3) is 0 Å². The molecule has 1 aromatic rings. The van der Waals surface area contributed by atoms with Gasteiger partial charge >= 0.3 is 25.6 Å². The summed E-state index contributed by atoms with van der Waals surface area (Å²) in [6.07, 6.45) is -3.29. The number of carbonyl (C=O) groups is 2. The van der Waals surface area contributed by atoms with Crippen LogP contribution in [0.1, 0.15) is 52.3 Å². The van der Waals surface area contributed by atoms with Crippen LogP contribution in [0.4, 0.5) is 9.59 Å². The van der Waals surface area contributed by atoms with Crippen LogP contribution in [-0.2, 0) is 42.0 Å². The highest BCUT2D eigenvalue weighted by molar-refractivity contribution is 7.53. The molecule has 2 atom stereocenters. The van der Waals surface area contributed by atoms with Crippen LogP contribution in [0.5, 0.6) is 0 Å². The zero-order valence-corrected chi connectivity index (χ0v) is 21.5. The zero-order valence-electron chi connectivity index (χ0n) is 20.6. The summed E-state index contributed by atoms with van der Waals surface area (Å²) in [6, 6.07) is 0. The van der Waals surface area contributed by atoms with E-state index in [0.717, 1.165) is 0 Å². The highest BCUT2D eigenvalue weighted by atomic mass is 31.2. The van der Waals surface area contributed by atoms with Crippen LogP contribution in [0.15, 0.2) is 15.8 Å². The first kappa shape index (κ1) is 29.5. The number of nitrogens with zero attached hydrogens (tertiary/aromatic N) is 1. The SMILES string of the molecule is Cc1cn([C@H]2CC[C@@H](OCP(=O)(OCOC(=O)OC(C)C)OCOC(=O)OC(C)C)O2)c(=O)[nH]c1=O. The molecule has 15 nitrogen and oxygen atoms in total. The fourth-order valence-corrected chi connectivity index (χ4v) is 3.77. The highest BCUT2D eigenvalue weighted by Gasteiger charge is 2.33. The molecule has 0 unspecified atom stereocenters. The van der Waals surface area contributed by atoms with Gasteiger partial charge in [-0.3, -0.25) is 28.0 Å². The molecule has 0 aromatic carbocycles. The number of nitrogens with one attached hydrogen (secondary N) is 1. The van der Waals surface area contributed by atoms with Crippen LogP contribution in [0.2, 0.25) is 0 Å². The van der Waals surface area contributed by atoms with Crippen molar-refractivity contribution in [2.75, 3.05) is 19.9 Å². The molecule has 2 heterocycles. The number of hydrogen-bond acceptors (Lipinski definition) is 13. The smallest absolute Gasteiger partial charge is 0.432 e. The van der Waals surface area contributed by atoms with Gasteiger partial charge in [0.05, 0.1) is 12.2 Å². The molecule has 1 fully saturated rings. The molecule has 0 saturated carbocycles. The molecule has 1 aliphatic heterocycles. The van der Waals surface area contributed by atoms with E-state index in [0.29, 0.717) is 18.4 Å². The van der Waals surface area contributed by atoms with E-state index in [1.54, 1.807) is 34.6 Å². The van der Waals surface area contributed by atoms with Gasteiger partial charge in [0.25, 0.3) is 5.56 Å². The Morgan fingerprint density at radius 1 is 1.06 bits per heavy atom. The molecular formula is C20H31N2O13P. The fraction of sp³-hybridized carbons (Fsp3) is 0.700. The predicted molar refractivity (Wildman–Crippen MR) is 120 cm³/mol. The number of aryl methyl sites for hydroxylation is 1. The first-order chi connectivity index (χ1) is 16.9. The van der Waals surface area contributed by atoms with Gasteiger partial charge in [-0.15, -0.1) is 0 Å². The fourth-order valence-electron chi connectivity index (χ4n) is 2.77. The van der Waals surface area contributed by atoms with Crippen molar-refractivity contribution in [3.05, 3.63) is 32.6 Å². The number of hydrogen-bond donors (Lipinski definition) is 1. The van der Waals surface area contributed by atoms with Gasteiger partial charge in [-0.2, -0.15) is 0 Å². The van der Waals surface area contributed by atoms with Crippen molar-refractivity contribution in [3.63, 3.8) is 0 Å². The van der Waals surface area contributed by atoms with E-state index in [2.05, 4.69) is 14.5 Å². The minimum absolute atomic E-state index is 0.309. The summed E-state index contributed by atoms with van der Waals surface area (Å²) in [7, 11) is -4.15. The summed E-state index contributed by atoms with van der Waals surface area (Å²) < 4.78 is 54.5. The molecule has 0 spiro atoms. The maximum atomic E-state index is 13.1. The minimum Gasteiger partial charge on any atom is -0.432 e. The normalized spacial score (nSPS) is 17.9. The summed E-state index contributed by atoms with van der Waals surface area (Å²) in [4.78, 5) is 48.9. The van der Waals surface area contributed by atoms with Crippen molar-refractivity contribution in [3.8, 4) is 0 Å². The number of aromatic nitrogens is 2. The highest BCUT2D eigenvalue weighted by Crippen LogP contribution is 2.49. The molecule has 204 valence electrons. The second-order valence-electron chi connectivity index (χ2n) is 8.10. The number of H-pyrrole nitrogens is 1. The lowest BCUT2D eigenvalue weighted by atomic mass is 10.3. The van der Waals surface area contributed by atoms with Crippen LogP contribution in [-0.4, -0.2) is 60.3 Å². The van der Waals surface area contributed by atoms with Crippen molar-refractivity contribution in [1.29, 1.82) is 0 Å². The summed E-state index contributed by atoms with van der Waals surface area (Å²) in [5.74, 6) is 0. The Morgan fingerprint density at radius 2 is 1.61 bits per heavy atom. The Kier molecular flexibility index (Phi) is 11.1. The van der Waals surface area contributed by atoms with Crippen LogP contribution >= 0.6 is 7.60 Å². The van der Waals surface area contributed by atoms with Crippen molar-refractivity contribution in [2.24, 2.45) is 0 Å². The molecule has 1 aliphatic rings. The van der Waals surface area contributed by atoms with E-state index in [1.165, 1.54) is 10.8 Å². The number of rotatable bonds is 12. The molecule has 1 aromatic heterocycles. The van der Waals surface area contributed by atoms with Crippen molar-refractivity contribution >= 4 is 19.9 Å². The van der Waals surface area contributed by atoms with Gasteiger partial charge in [0.15, 0.2) is 12.6 Å². The van der Waals surface area contributed by atoms with E-state index in [4.69, 9.17) is 28.0 Å². The van der Waals surface area contributed by atoms with Gasteiger partial charge < -0.3 is 28.4 Å². The third kappa shape index (κ3) is 9.74. The van der Waals surface area contributed by atoms with Crippen LogP contribution in [0, 0.1) is 6.92 Å². The largest absolute Gasteiger partial charge is 0.510 e. The van der Waals surface area contributed by atoms with Gasteiger partial charge in [-0.25, -0.2) is 14.4 Å². The standard InChI is InChI=1S/C20H31N2O13P/c1-12(2)33-19(25)28-9-31-36(27,32-10-29-20(26)34-13(3)4)11-30-16-7-6-15(35-16)22-8-14(5)17(23)21-18(22)24/h8,12-13,15-16H,6-7,9-11H2,1-5H3,(H,21,23,24)/t15-,16+/m1/s1. The number of ether oxygens (including phenoxy) is 6. The van der Waals surface area contributed by atoms with Crippen molar-refractivity contribution in [2.45, 2.75) is 72.2 Å². The van der Waals surface area contributed by atoms with Gasteiger partial charge in [0, 0.05) is 18.2 Å². The average molecular weight is 538 g/mol. The first-order valence-electron chi connectivity index (χ1n) is 11.0. The molecule has 1 N–H and O–H groups in total. The minimum atomic E-state index is -4.15. The van der Waals surface area contributed by atoms with E-state index in [-0.39, 0.29) is 0 Å². The molecule has 0 aliphatic carbocycles. The Bertz CT molecular complexity index is 1020. The van der Waals surface area contributed by atoms with Crippen LogP contribution < -0.4 is 11.2 Å². The van der Waals surface area contributed by atoms with Gasteiger partial charge in [-0.1, -0.05) is 0 Å². The van der Waals surface area contributed by atoms with Gasteiger partial charge in [0.2, 0.25) is 13.6 Å². The topological polar surface area (TPSA) is 180 Å². The van der Waals surface area contributed by atoms with E-state index in [1.807, 2.05) is 0 Å². The van der Waals surface area contributed by atoms with Crippen molar-refractivity contribution < 1.29 is 51.6 Å². The lowest BCUT2D eigenvalue weighted by molar-refractivity contribution is -0.144.